The molecule has 2 heterocycles. The fraction of sp³-hybridized carbons (Fsp3) is 0.267. The predicted octanol–water partition coefficient (Wildman–Crippen LogP) is 2.48. The summed E-state index contributed by atoms with van der Waals surface area (Å²) in [5.74, 6) is 0.867. The van der Waals surface area contributed by atoms with E-state index in [-0.39, 0.29) is 0 Å². The quantitative estimate of drug-likeness (QED) is 0.728. The van der Waals surface area contributed by atoms with Crippen LogP contribution in [0.5, 0.6) is 0 Å². The molecule has 0 unspecified atom stereocenters. The van der Waals surface area contributed by atoms with E-state index in [2.05, 4.69) is 38.9 Å². The molecule has 0 aliphatic carbocycles. The Bertz CT molecular complexity index is 705. The van der Waals surface area contributed by atoms with E-state index in [0.717, 1.165) is 30.1 Å². The molecule has 0 saturated carbocycles. The summed E-state index contributed by atoms with van der Waals surface area (Å²) < 4.78 is 2.02. The van der Waals surface area contributed by atoms with Gasteiger partial charge in [0.2, 0.25) is 0 Å². The van der Waals surface area contributed by atoms with Crippen LogP contribution in [0, 0.1) is 0 Å². The third kappa shape index (κ3) is 2.22. The number of hydrogen-bond donors (Lipinski definition) is 0. The minimum atomic E-state index is 0.798. The van der Waals surface area contributed by atoms with E-state index in [0.29, 0.717) is 0 Å². The molecule has 3 rings (SSSR count). The van der Waals surface area contributed by atoms with Gasteiger partial charge >= 0.3 is 0 Å². The first-order valence-corrected chi connectivity index (χ1v) is 6.70. The Kier molecular flexibility index (Phi) is 3.33. The van der Waals surface area contributed by atoms with Gasteiger partial charge in [-0.1, -0.05) is 30.3 Å². The number of aromatic nitrogens is 4. The van der Waals surface area contributed by atoms with Crippen LogP contribution in [0.4, 0.5) is 5.82 Å². The number of hydrogen-bond acceptors (Lipinski definition) is 4. The number of rotatable bonds is 4. The molecule has 2 aromatic heterocycles. The number of aryl methyl sites for hydroxylation is 1. The maximum absolute atomic E-state index is 4.45. The van der Waals surface area contributed by atoms with E-state index in [1.165, 1.54) is 5.56 Å². The van der Waals surface area contributed by atoms with E-state index >= 15 is 0 Å². The second-order valence-electron chi connectivity index (χ2n) is 4.74. The van der Waals surface area contributed by atoms with Gasteiger partial charge in [0.15, 0.2) is 17.0 Å². The highest BCUT2D eigenvalue weighted by atomic mass is 15.2. The normalized spacial score (nSPS) is 10.9. The maximum Gasteiger partial charge on any atom is 0.165 e. The number of anilines is 1. The summed E-state index contributed by atoms with van der Waals surface area (Å²) in [5.41, 5.74) is 2.99. The molecule has 102 valence electrons. The van der Waals surface area contributed by atoms with Crippen molar-refractivity contribution in [3.8, 4) is 0 Å². The Morgan fingerprint density at radius 1 is 1.10 bits per heavy atom. The van der Waals surface area contributed by atoms with Gasteiger partial charge in [-0.3, -0.25) is 0 Å². The predicted molar refractivity (Wildman–Crippen MR) is 79.5 cm³/mol. The molecular formula is C15H17N5. The molecule has 1 aromatic carbocycles. The first kappa shape index (κ1) is 12.6. The molecule has 0 aliphatic heterocycles. The van der Waals surface area contributed by atoms with Crippen molar-refractivity contribution < 1.29 is 0 Å². The molecule has 0 spiro atoms. The van der Waals surface area contributed by atoms with Crippen molar-refractivity contribution in [3.05, 3.63) is 48.5 Å². The molecule has 0 fully saturated rings. The van der Waals surface area contributed by atoms with Crippen molar-refractivity contribution in [2.45, 2.75) is 20.0 Å². The topological polar surface area (TPSA) is 46.8 Å². The number of nitrogens with zero attached hydrogens (tertiary/aromatic N) is 5. The third-order valence-electron chi connectivity index (χ3n) is 3.35. The summed E-state index contributed by atoms with van der Waals surface area (Å²) in [4.78, 5) is 15.3. The van der Waals surface area contributed by atoms with E-state index in [4.69, 9.17) is 0 Å². The molecule has 0 N–H and O–H groups in total. The standard InChI is InChI=1S/C15H17N5/c1-3-20-11-18-13-14(16-10-17-15(13)20)19(2)9-12-7-5-4-6-8-12/h4-8,10-11H,3,9H2,1-2H3. The highest BCUT2D eigenvalue weighted by molar-refractivity contribution is 5.83. The van der Waals surface area contributed by atoms with Crippen LogP contribution < -0.4 is 4.90 Å². The Labute approximate surface area is 117 Å². The van der Waals surface area contributed by atoms with Crippen molar-refractivity contribution in [1.29, 1.82) is 0 Å². The van der Waals surface area contributed by atoms with Crippen LogP contribution in [0.25, 0.3) is 11.2 Å². The lowest BCUT2D eigenvalue weighted by atomic mass is 10.2. The largest absolute Gasteiger partial charge is 0.353 e. The molecule has 3 aromatic rings. The van der Waals surface area contributed by atoms with Crippen LogP contribution in [0.3, 0.4) is 0 Å². The fourth-order valence-corrected chi connectivity index (χ4v) is 2.31. The lowest BCUT2D eigenvalue weighted by Crippen LogP contribution is -2.18. The monoisotopic (exact) mass is 267 g/mol. The Morgan fingerprint density at radius 3 is 2.65 bits per heavy atom. The van der Waals surface area contributed by atoms with Crippen LogP contribution in [-0.2, 0) is 13.1 Å². The van der Waals surface area contributed by atoms with Gasteiger partial charge in [0.05, 0.1) is 6.33 Å². The number of fused-ring (bicyclic) bond motifs is 1. The van der Waals surface area contributed by atoms with Crippen molar-refractivity contribution in [1.82, 2.24) is 19.5 Å². The van der Waals surface area contributed by atoms with Crippen LogP contribution >= 0.6 is 0 Å². The van der Waals surface area contributed by atoms with Gasteiger partial charge in [0, 0.05) is 20.1 Å². The molecule has 0 saturated heterocycles. The highest BCUT2D eigenvalue weighted by Crippen LogP contribution is 2.21. The molecular weight excluding hydrogens is 250 g/mol. The van der Waals surface area contributed by atoms with Gasteiger partial charge in [-0.2, -0.15) is 0 Å². The molecule has 5 nitrogen and oxygen atoms in total. The minimum Gasteiger partial charge on any atom is -0.353 e. The minimum absolute atomic E-state index is 0.798. The van der Waals surface area contributed by atoms with Gasteiger partial charge in [0.25, 0.3) is 0 Å². The lowest BCUT2D eigenvalue weighted by molar-refractivity contribution is 0.777. The van der Waals surface area contributed by atoms with Crippen LogP contribution in [0.15, 0.2) is 43.0 Å². The Hall–Kier alpha value is -2.43. The first-order valence-electron chi connectivity index (χ1n) is 6.70. The van der Waals surface area contributed by atoms with Gasteiger partial charge in [-0.15, -0.1) is 0 Å². The molecule has 0 radical (unpaired) electrons. The molecule has 5 heteroatoms. The van der Waals surface area contributed by atoms with Crippen molar-refractivity contribution >= 4 is 17.0 Å². The van der Waals surface area contributed by atoms with E-state index in [1.54, 1.807) is 6.33 Å². The third-order valence-corrected chi connectivity index (χ3v) is 3.35. The molecule has 0 aliphatic rings. The summed E-state index contributed by atoms with van der Waals surface area (Å²) in [6.45, 7) is 3.73. The lowest BCUT2D eigenvalue weighted by Gasteiger charge is -2.18. The van der Waals surface area contributed by atoms with Crippen molar-refractivity contribution in [2.75, 3.05) is 11.9 Å². The summed E-state index contributed by atoms with van der Waals surface area (Å²) in [5, 5.41) is 0. The smallest absolute Gasteiger partial charge is 0.165 e. The van der Waals surface area contributed by atoms with E-state index < -0.39 is 0 Å². The van der Waals surface area contributed by atoms with Gasteiger partial charge in [-0.05, 0) is 12.5 Å². The van der Waals surface area contributed by atoms with Gasteiger partial charge in [0.1, 0.15) is 6.33 Å². The molecule has 0 amide bonds. The van der Waals surface area contributed by atoms with E-state index in [9.17, 15) is 0 Å². The average Bonchev–Trinajstić information content (AvgIpc) is 2.91. The van der Waals surface area contributed by atoms with Crippen molar-refractivity contribution in [3.63, 3.8) is 0 Å². The summed E-state index contributed by atoms with van der Waals surface area (Å²) in [6, 6.07) is 10.3. The summed E-state index contributed by atoms with van der Waals surface area (Å²) in [6.07, 6.45) is 3.42. The van der Waals surface area contributed by atoms with Crippen molar-refractivity contribution in [2.24, 2.45) is 0 Å². The van der Waals surface area contributed by atoms with Crippen LogP contribution in [0.1, 0.15) is 12.5 Å². The molecule has 20 heavy (non-hydrogen) atoms. The van der Waals surface area contributed by atoms with Crippen LogP contribution in [0.2, 0.25) is 0 Å². The zero-order chi connectivity index (χ0) is 13.9. The van der Waals surface area contributed by atoms with Gasteiger partial charge < -0.3 is 9.47 Å². The first-order chi connectivity index (χ1) is 9.79. The zero-order valence-corrected chi connectivity index (χ0v) is 11.7. The Morgan fingerprint density at radius 2 is 1.90 bits per heavy atom. The molecule has 0 atom stereocenters. The highest BCUT2D eigenvalue weighted by Gasteiger charge is 2.13. The maximum atomic E-state index is 4.45. The average molecular weight is 267 g/mol. The second kappa shape index (κ2) is 5.28. The Balaban J connectivity index is 1.95. The summed E-state index contributed by atoms with van der Waals surface area (Å²) in [7, 11) is 2.03. The molecule has 0 bridgehead atoms. The number of imidazole rings is 1. The zero-order valence-electron chi connectivity index (χ0n) is 11.7. The number of benzene rings is 1. The van der Waals surface area contributed by atoms with Crippen LogP contribution in [-0.4, -0.2) is 26.6 Å². The second-order valence-corrected chi connectivity index (χ2v) is 4.74. The van der Waals surface area contributed by atoms with Gasteiger partial charge in [-0.25, -0.2) is 15.0 Å². The fourth-order valence-electron chi connectivity index (χ4n) is 2.31. The SMILES string of the molecule is CCn1cnc2c(N(C)Cc3ccccc3)ncnc21. The van der Waals surface area contributed by atoms with E-state index in [1.807, 2.05) is 36.1 Å². The summed E-state index contributed by atoms with van der Waals surface area (Å²) >= 11 is 0.